The Morgan fingerprint density at radius 2 is 2.06 bits per heavy atom. The van der Waals surface area contributed by atoms with Crippen molar-refractivity contribution in [3.8, 4) is 12.3 Å². The summed E-state index contributed by atoms with van der Waals surface area (Å²) in [6.07, 6.45) is 5.39. The molecule has 0 radical (unpaired) electrons. The molecule has 0 spiro atoms. The molecule has 0 aliphatic carbocycles. The first-order valence-corrected chi connectivity index (χ1v) is 5.26. The molecule has 1 aliphatic heterocycles. The molecule has 17 heavy (non-hydrogen) atoms. The average Bonchev–Trinajstić information content (AvgIpc) is 2.38. The van der Waals surface area contributed by atoms with Gasteiger partial charge in [-0.3, -0.25) is 9.59 Å². The lowest BCUT2D eigenvalue weighted by molar-refractivity contribution is -0.117. The minimum atomic E-state index is -0.569. The highest BCUT2D eigenvalue weighted by atomic mass is 16.2. The van der Waals surface area contributed by atoms with E-state index in [-0.39, 0.29) is 11.8 Å². The van der Waals surface area contributed by atoms with Crippen molar-refractivity contribution in [2.75, 3.05) is 5.32 Å². The van der Waals surface area contributed by atoms with Gasteiger partial charge in [-0.1, -0.05) is 5.92 Å². The summed E-state index contributed by atoms with van der Waals surface area (Å²) in [6, 6.07) is 2.91. The van der Waals surface area contributed by atoms with Gasteiger partial charge in [-0.15, -0.1) is 6.42 Å². The van der Waals surface area contributed by atoms with Crippen molar-refractivity contribution >= 4 is 17.5 Å². The van der Waals surface area contributed by atoms with E-state index in [0.717, 1.165) is 5.56 Å². The maximum atomic E-state index is 11.9. The van der Waals surface area contributed by atoms with Crippen LogP contribution in [0.4, 0.5) is 5.69 Å². The highest BCUT2D eigenvalue weighted by Crippen LogP contribution is 2.25. The molecule has 0 bridgehead atoms. The molecule has 1 unspecified atom stereocenters. The molecule has 0 saturated carbocycles. The minimum Gasteiger partial charge on any atom is -0.340 e. The third kappa shape index (κ3) is 1.87. The van der Waals surface area contributed by atoms with Gasteiger partial charge in [-0.05, 0) is 31.5 Å². The monoisotopic (exact) mass is 228 g/mol. The number of anilines is 1. The lowest BCUT2D eigenvalue weighted by Crippen LogP contribution is -2.38. The fourth-order valence-electron chi connectivity index (χ4n) is 1.79. The molecule has 1 heterocycles. The number of amides is 2. The molecule has 0 saturated heterocycles. The van der Waals surface area contributed by atoms with Crippen molar-refractivity contribution in [3.05, 3.63) is 28.8 Å². The van der Waals surface area contributed by atoms with Crippen LogP contribution in [-0.4, -0.2) is 17.9 Å². The fraction of sp³-hybridized carbons (Fsp3) is 0.231. The number of terminal acetylenes is 1. The van der Waals surface area contributed by atoms with E-state index < -0.39 is 6.04 Å². The van der Waals surface area contributed by atoms with Crippen molar-refractivity contribution in [3.63, 3.8) is 0 Å². The fourth-order valence-corrected chi connectivity index (χ4v) is 1.79. The lowest BCUT2D eigenvalue weighted by Gasteiger charge is -2.09. The maximum Gasteiger partial charge on any atom is 0.254 e. The number of benzene rings is 1. The van der Waals surface area contributed by atoms with Crippen LogP contribution in [0.2, 0.25) is 0 Å². The van der Waals surface area contributed by atoms with E-state index in [0.29, 0.717) is 16.8 Å². The first-order chi connectivity index (χ1) is 8.02. The summed E-state index contributed by atoms with van der Waals surface area (Å²) >= 11 is 0. The Balaban J connectivity index is 2.66. The van der Waals surface area contributed by atoms with Gasteiger partial charge in [0, 0.05) is 5.56 Å². The van der Waals surface area contributed by atoms with Gasteiger partial charge >= 0.3 is 0 Å². The van der Waals surface area contributed by atoms with E-state index in [4.69, 9.17) is 6.42 Å². The van der Waals surface area contributed by atoms with Gasteiger partial charge in [0.1, 0.15) is 6.04 Å². The van der Waals surface area contributed by atoms with Crippen molar-refractivity contribution in [1.82, 2.24) is 5.32 Å². The van der Waals surface area contributed by atoms with Crippen LogP contribution in [0, 0.1) is 19.3 Å². The van der Waals surface area contributed by atoms with Crippen molar-refractivity contribution in [1.29, 1.82) is 0 Å². The molecule has 1 aromatic rings. The highest BCUT2D eigenvalue weighted by molar-refractivity contribution is 6.10. The van der Waals surface area contributed by atoms with Crippen LogP contribution < -0.4 is 10.6 Å². The van der Waals surface area contributed by atoms with Crippen molar-refractivity contribution < 1.29 is 9.59 Å². The topological polar surface area (TPSA) is 58.2 Å². The Morgan fingerprint density at radius 3 is 2.71 bits per heavy atom. The second kappa shape index (κ2) is 3.95. The second-order valence-electron chi connectivity index (χ2n) is 4.06. The van der Waals surface area contributed by atoms with Gasteiger partial charge in [0.2, 0.25) is 5.91 Å². The van der Waals surface area contributed by atoms with E-state index in [9.17, 15) is 9.59 Å². The Labute approximate surface area is 99.4 Å². The smallest absolute Gasteiger partial charge is 0.254 e. The minimum absolute atomic E-state index is 0.266. The molecule has 4 nitrogen and oxygen atoms in total. The number of carbonyl (C=O) groups is 2. The lowest BCUT2D eigenvalue weighted by atomic mass is 10.0. The van der Waals surface area contributed by atoms with Gasteiger partial charge in [-0.25, -0.2) is 0 Å². The maximum absolute atomic E-state index is 11.9. The highest BCUT2D eigenvalue weighted by Gasteiger charge is 2.26. The van der Waals surface area contributed by atoms with Crippen LogP contribution >= 0.6 is 0 Å². The molecule has 1 atom stereocenters. The molecule has 2 rings (SSSR count). The molecule has 2 amide bonds. The number of fused-ring (bicyclic) bond motifs is 1. The first kappa shape index (κ1) is 11.2. The molecule has 86 valence electrons. The average molecular weight is 228 g/mol. The largest absolute Gasteiger partial charge is 0.340 e. The summed E-state index contributed by atoms with van der Waals surface area (Å²) in [5.41, 5.74) is 2.24. The van der Waals surface area contributed by atoms with Crippen LogP contribution in [0.25, 0.3) is 0 Å². The van der Waals surface area contributed by atoms with Crippen LogP contribution in [0.3, 0.4) is 0 Å². The Hall–Kier alpha value is -2.28. The van der Waals surface area contributed by atoms with Gasteiger partial charge in [0.05, 0.1) is 11.3 Å². The van der Waals surface area contributed by atoms with E-state index in [2.05, 4.69) is 16.6 Å². The van der Waals surface area contributed by atoms with Crippen molar-refractivity contribution in [2.24, 2.45) is 0 Å². The molecule has 4 heteroatoms. The van der Waals surface area contributed by atoms with Gasteiger partial charge < -0.3 is 10.6 Å². The van der Waals surface area contributed by atoms with Gasteiger partial charge in [-0.2, -0.15) is 0 Å². The summed E-state index contributed by atoms with van der Waals surface area (Å²) in [5.74, 6) is 1.93. The third-order valence-electron chi connectivity index (χ3n) is 2.67. The van der Waals surface area contributed by atoms with Gasteiger partial charge in [0.25, 0.3) is 5.91 Å². The van der Waals surface area contributed by atoms with Crippen LogP contribution in [0.5, 0.6) is 0 Å². The molecule has 2 N–H and O–H groups in total. The molecular formula is C13H12N2O2. The van der Waals surface area contributed by atoms with Crippen molar-refractivity contribution in [2.45, 2.75) is 19.9 Å². The Kier molecular flexibility index (Phi) is 2.60. The standard InChI is InChI=1S/C13H12N2O2/c1-4-9-5-7(2)6-10-11(9)15-12(16)8(3)14-13(10)17/h1,5-6,8H,2-3H3,(H,14,17)(H,15,16). The quantitative estimate of drug-likeness (QED) is 0.652. The summed E-state index contributed by atoms with van der Waals surface area (Å²) < 4.78 is 0. The molecule has 0 fully saturated rings. The molecule has 0 aromatic heterocycles. The van der Waals surface area contributed by atoms with E-state index in [1.165, 1.54) is 0 Å². The summed E-state index contributed by atoms with van der Waals surface area (Å²) in [4.78, 5) is 23.6. The van der Waals surface area contributed by atoms with Crippen LogP contribution in [0.1, 0.15) is 28.4 Å². The van der Waals surface area contributed by atoms with Crippen LogP contribution in [-0.2, 0) is 4.79 Å². The van der Waals surface area contributed by atoms with Crippen LogP contribution in [0.15, 0.2) is 12.1 Å². The number of carbonyl (C=O) groups excluding carboxylic acids is 2. The predicted molar refractivity (Wildman–Crippen MR) is 64.7 cm³/mol. The number of hydrogen-bond acceptors (Lipinski definition) is 2. The number of nitrogens with one attached hydrogen (secondary N) is 2. The summed E-state index contributed by atoms with van der Waals surface area (Å²) in [5, 5.41) is 5.29. The Bertz CT molecular complexity index is 555. The molecule has 1 aromatic carbocycles. The number of aryl methyl sites for hydroxylation is 1. The zero-order valence-corrected chi connectivity index (χ0v) is 9.63. The molecular weight excluding hydrogens is 216 g/mol. The predicted octanol–water partition coefficient (Wildman–Crippen LogP) is 1.05. The first-order valence-electron chi connectivity index (χ1n) is 5.26. The zero-order chi connectivity index (χ0) is 12.6. The van der Waals surface area contributed by atoms with E-state index in [1.54, 1.807) is 19.1 Å². The van der Waals surface area contributed by atoms with E-state index in [1.807, 2.05) is 6.92 Å². The second-order valence-corrected chi connectivity index (χ2v) is 4.06. The third-order valence-corrected chi connectivity index (χ3v) is 2.67. The normalized spacial score (nSPS) is 18.5. The zero-order valence-electron chi connectivity index (χ0n) is 9.63. The van der Waals surface area contributed by atoms with Gasteiger partial charge in [0.15, 0.2) is 0 Å². The Morgan fingerprint density at radius 1 is 1.35 bits per heavy atom. The SMILES string of the molecule is C#Cc1cc(C)cc2c1NC(=O)C(C)NC2=O. The number of hydrogen-bond donors (Lipinski definition) is 2. The van der Waals surface area contributed by atoms with E-state index >= 15 is 0 Å². The summed E-state index contributed by atoms with van der Waals surface area (Å²) in [6.45, 7) is 3.48. The molecule has 1 aliphatic rings. The number of rotatable bonds is 0. The summed E-state index contributed by atoms with van der Waals surface area (Å²) in [7, 11) is 0.